The van der Waals surface area contributed by atoms with E-state index in [1.807, 2.05) is 0 Å². The topological polar surface area (TPSA) is 69.7 Å². The smallest absolute Gasteiger partial charge is 0.333 e. The summed E-state index contributed by atoms with van der Waals surface area (Å²) in [6, 6.07) is 2.53. The molecule has 0 radical (unpaired) electrons. The van der Waals surface area contributed by atoms with Crippen LogP contribution in [0.3, 0.4) is 0 Å². The lowest BCUT2D eigenvalue weighted by Crippen LogP contribution is -2.55. The average Bonchev–Trinajstić information content (AvgIpc) is 2.53. The molecule has 1 saturated heterocycles. The Morgan fingerprint density at radius 3 is 2.40 bits per heavy atom. The van der Waals surface area contributed by atoms with Gasteiger partial charge in [0.1, 0.15) is 6.54 Å². The highest BCUT2D eigenvalue weighted by molar-refractivity contribution is 6.36. The Morgan fingerprint density at radius 2 is 1.80 bits per heavy atom. The zero-order valence-corrected chi connectivity index (χ0v) is 13.9. The Bertz CT molecular complexity index is 709. The van der Waals surface area contributed by atoms with Crippen LogP contribution in [0.15, 0.2) is 18.2 Å². The number of likely N-dealkylation sites (N-methyl/N-ethyl adjacent to an activating group) is 1. The number of benzene rings is 1. The molecule has 1 aliphatic heterocycles. The third-order valence-electron chi connectivity index (χ3n) is 3.68. The quantitative estimate of drug-likeness (QED) is 0.816. The van der Waals surface area contributed by atoms with Crippen LogP contribution < -0.4 is 5.32 Å². The summed E-state index contributed by atoms with van der Waals surface area (Å²) in [5, 5.41) is 2.17. The second kappa shape index (κ2) is 7.30. The van der Waals surface area contributed by atoms with Gasteiger partial charge >= 0.3 is 18.0 Å². The van der Waals surface area contributed by atoms with E-state index in [1.54, 1.807) is 6.92 Å². The largest absolute Gasteiger partial charge is 0.416 e. The van der Waals surface area contributed by atoms with Crippen molar-refractivity contribution in [3.63, 3.8) is 0 Å². The van der Waals surface area contributed by atoms with E-state index in [9.17, 15) is 27.6 Å². The number of carbonyl (C=O) groups is 3. The molecule has 3 amide bonds. The predicted octanol–water partition coefficient (Wildman–Crippen LogP) is 1.99. The molecule has 0 aliphatic carbocycles. The van der Waals surface area contributed by atoms with E-state index in [1.165, 1.54) is 4.90 Å². The van der Waals surface area contributed by atoms with Crippen molar-refractivity contribution in [3.8, 4) is 0 Å². The van der Waals surface area contributed by atoms with E-state index in [0.717, 1.165) is 17.0 Å². The summed E-state index contributed by atoms with van der Waals surface area (Å²) in [7, 11) is 0. The standard InChI is InChI=1S/C15H15ClF3N3O3/c1-2-21-5-6-22(14(25)13(21)24)8-12(23)20-11-7-9(15(17,18)19)3-4-10(11)16/h3-4,7H,2,5-6,8H2,1H3,(H,20,23). The summed E-state index contributed by atoms with van der Waals surface area (Å²) in [6.45, 7) is 2.11. The van der Waals surface area contributed by atoms with Crippen molar-refractivity contribution >= 4 is 35.0 Å². The average molecular weight is 378 g/mol. The van der Waals surface area contributed by atoms with Gasteiger partial charge in [0.2, 0.25) is 5.91 Å². The number of nitrogens with one attached hydrogen (secondary N) is 1. The van der Waals surface area contributed by atoms with Crippen molar-refractivity contribution < 1.29 is 27.6 Å². The molecule has 1 aromatic rings. The molecule has 136 valence electrons. The fraction of sp³-hybridized carbons (Fsp3) is 0.400. The number of alkyl halides is 3. The molecule has 1 aliphatic rings. The first-order valence-corrected chi connectivity index (χ1v) is 7.76. The van der Waals surface area contributed by atoms with Gasteiger partial charge in [0, 0.05) is 19.6 Å². The first-order chi connectivity index (χ1) is 11.6. The molecule has 6 nitrogen and oxygen atoms in total. The highest BCUT2D eigenvalue weighted by Crippen LogP contribution is 2.33. The molecule has 1 aromatic carbocycles. The number of amides is 3. The maximum atomic E-state index is 12.7. The van der Waals surface area contributed by atoms with E-state index in [4.69, 9.17) is 11.6 Å². The zero-order valence-electron chi connectivity index (χ0n) is 13.2. The van der Waals surface area contributed by atoms with Crippen molar-refractivity contribution in [2.45, 2.75) is 13.1 Å². The lowest BCUT2D eigenvalue weighted by molar-refractivity contribution is -0.156. The third kappa shape index (κ3) is 4.41. The molecule has 0 saturated carbocycles. The summed E-state index contributed by atoms with van der Waals surface area (Å²) in [4.78, 5) is 38.1. The molecule has 0 unspecified atom stereocenters. The molecule has 1 N–H and O–H groups in total. The highest BCUT2D eigenvalue weighted by atomic mass is 35.5. The summed E-state index contributed by atoms with van der Waals surface area (Å²) in [5.74, 6) is -2.27. The Morgan fingerprint density at radius 1 is 1.20 bits per heavy atom. The molecule has 0 aromatic heterocycles. The first kappa shape index (κ1) is 19.0. The minimum Gasteiger partial charge on any atom is -0.333 e. The monoisotopic (exact) mass is 377 g/mol. The summed E-state index contributed by atoms with van der Waals surface area (Å²) >= 11 is 5.80. The first-order valence-electron chi connectivity index (χ1n) is 7.38. The van der Waals surface area contributed by atoms with E-state index in [-0.39, 0.29) is 17.3 Å². The van der Waals surface area contributed by atoms with Gasteiger partial charge in [-0.3, -0.25) is 14.4 Å². The molecule has 0 atom stereocenters. The number of hydrogen-bond acceptors (Lipinski definition) is 3. The second-order valence-corrected chi connectivity index (χ2v) is 5.76. The number of rotatable bonds is 4. The van der Waals surface area contributed by atoms with Gasteiger partial charge < -0.3 is 15.1 Å². The van der Waals surface area contributed by atoms with Crippen LogP contribution in [0.1, 0.15) is 12.5 Å². The second-order valence-electron chi connectivity index (χ2n) is 5.35. The van der Waals surface area contributed by atoms with Gasteiger partial charge in [0.25, 0.3) is 0 Å². The fourth-order valence-electron chi connectivity index (χ4n) is 2.33. The minimum atomic E-state index is -4.58. The summed E-state index contributed by atoms with van der Waals surface area (Å²) < 4.78 is 38.2. The Labute approximate surface area is 146 Å². The van der Waals surface area contributed by atoms with Crippen molar-refractivity contribution in [2.24, 2.45) is 0 Å². The van der Waals surface area contributed by atoms with Crippen molar-refractivity contribution in [1.29, 1.82) is 0 Å². The van der Waals surface area contributed by atoms with Crippen LogP contribution in [-0.4, -0.2) is 53.7 Å². The van der Waals surface area contributed by atoms with Crippen molar-refractivity contribution in [3.05, 3.63) is 28.8 Å². The van der Waals surface area contributed by atoms with Crippen molar-refractivity contribution in [1.82, 2.24) is 9.80 Å². The van der Waals surface area contributed by atoms with Gasteiger partial charge in [-0.1, -0.05) is 11.6 Å². The highest BCUT2D eigenvalue weighted by Gasteiger charge is 2.33. The summed E-state index contributed by atoms with van der Waals surface area (Å²) in [6.07, 6.45) is -4.58. The van der Waals surface area contributed by atoms with E-state index >= 15 is 0 Å². The lowest BCUT2D eigenvalue weighted by atomic mass is 10.2. The zero-order chi connectivity index (χ0) is 18.8. The Hall–Kier alpha value is -2.29. The van der Waals surface area contributed by atoms with E-state index in [0.29, 0.717) is 19.2 Å². The Kier molecular flexibility index (Phi) is 5.56. The van der Waals surface area contributed by atoms with Crippen LogP contribution in [0.25, 0.3) is 0 Å². The number of anilines is 1. The molecular formula is C15H15ClF3N3O3. The minimum absolute atomic E-state index is 0.0699. The number of hydrogen-bond donors (Lipinski definition) is 1. The summed E-state index contributed by atoms with van der Waals surface area (Å²) in [5.41, 5.74) is -1.18. The number of piperazine rings is 1. The predicted molar refractivity (Wildman–Crippen MR) is 83.9 cm³/mol. The third-order valence-corrected chi connectivity index (χ3v) is 4.01. The molecule has 2 rings (SSSR count). The van der Waals surface area contributed by atoms with Crippen molar-refractivity contribution in [2.75, 3.05) is 31.5 Å². The van der Waals surface area contributed by atoms with Crippen LogP contribution >= 0.6 is 11.6 Å². The number of nitrogens with zero attached hydrogens (tertiary/aromatic N) is 2. The molecule has 1 heterocycles. The SMILES string of the molecule is CCN1CCN(CC(=O)Nc2cc(C(F)(F)F)ccc2Cl)C(=O)C1=O. The molecule has 1 fully saturated rings. The maximum Gasteiger partial charge on any atom is 0.416 e. The van der Waals surface area contributed by atoms with Gasteiger partial charge in [0.15, 0.2) is 0 Å². The fourth-order valence-corrected chi connectivity index (χ4v) is 2.49. The van der Waals surface area contributed by atoms with Crippen LogP contribution in [0.2, 0.25) is 5.02 Å². The van der Waals surface area contributed by atoms with Crippen LogP contribution in [-0.2, 0) is 20.6 Å². The van der Waals surface area contributed by atoms with Gasteiger partial charge in [-0.2, -0.15) is 13.2 Å². The van der Waals surface area contributed by atoms with Crippen LogP contribution in [0, 0.1) is 0 Å². The van der Waals surface area contributed by atoms with Crippen LogP contribution in [0.4, 0.5) is 18.9 Å². The van der Waals surface area contributed by atoms with E-state index in [2.05, 4.69) is 5.32 Å². The van der Waals surface area contributed by atoms with Gasteiger partial charge in [-0.15, -0.1) is 0 Å². The lowest BCUT2D eigenvalue weighted by Gasteiger charge is -2.32. The molecule has 25 heavy (non-hydrogen) atoms. The molecule has 0 spiro atoms. The molecular weight excluding hydrogens is 363 g/mol. The van der Waals surface area contributed by atoms with E-state index < -0.39 is 36.0 Å². The number of carbonyl (C=O) groups excluding carboxylic acids is 3. The number of halogens is 4. The van der Waals surface area contributed by atoms with Gasteiger partial charge in [-0.25, -0.2) is 0 Å². The Balaban J connectivity index is 2.06. The maximum absolute atomic E-state index is 12.7. The van der Waals surface area contributed by atoms with Gasteiger partial charge in [0.05, 0.1) is 16.3 Å². The molecule has 10 heteroatoms. The normalized spacial score (nSPS) is 15.6. The van der Waals surface area contributed by atoms with Gasteiger partial charge in [-0.05, 0) is 25.1 Å². The molecule has 0 bridgehead atoms. The van der Waals surface area contributed by atoms with Crippen LogP contribution in [0.5, 0.6) is 0 Å².